The van der Waals surface area contributed by atoms with Crippen LogP contribution in [0.2, 0.25) is 0 Å². The van der Waals surface area contributed by atoms with E-state index in [2.05, 4.69) is 18.2 Å². The molecule has 0 aliphatic rings. The van der Waals surface area contributed by atoms with Crippen molar-refractivity contribution in [1.82, 2.24) is 0 Å². The average Bonchev–Trinajstić information content (AvgIpc) is 2.89. The van der Waals surface area contributed by atoms with Crippen LogP contribution in [0.5, 0.6) is 34.5 Å². The Balaban J connectivity index is 1.85. The molecule has 0 heterocycles. The third-order valence-electron chi connectivity index (χ3n) is 5.93. The van der Waals surface area contributed by atoms with Crippen molar-refractivity contribution in [2.24, 2.45) is 0 Å². The summed E-state index contributed by atoms with van der Waals surface area (Å²) in [5, 5.41) is 0. The lowest BCUT2D eigenvalue weighted by Crippen LogP contribution is -2.03. The lowest BCUT2D eigenvalue weighted by atomic mass is 9.94. The van der Waals surface area contributed by atoms with Crippen LogP contribution in [0.3, 0.4) is 0 Å². The summed E-state index contributed by atoms with van der Waals surface area (Å²) in [6.07, 6.45) is 3.40. The Morgan fingerprint density at radius 2 is 0.882 bits per heavy atom. The number of hydrogen-bond donors (Lipinski definition) is 0. The van der Waals surface area contributed by atoms with Gasteiger partial charge in [0.25, 0.3) is 0 Å². The molecule has 6 heteroatoms. The average molecular weight is 467 g/mol. The highest BCUT2D eigenvalue weighted by Crippen LogP contribution is 2.33. The van der Waals surface area contributed by atoms with Crippen LogP contribution in [0.4, 0.5) is 0 Å². The molecule has 3 aromatic carbocycles. The van der Waals surface area contributed by atoms with Crippen molar-refractivity contribution in [3.63, 3.8) is 0 Å². The largest absolute Gasteiger partial charge is 0.497 e. The van der Waals surface area contributed by atoms with Crippen molar-refractivity contribution >= 4 is 0 Å². The van der Waals surface area contributed by atoms with E-state index < -0.39 is 0 Å². The minimum absolute atomic E-state index is 0.728. The molecule has 0 radical (unpaired) electrons. The van der Waals surface area contributed by atoms with Crippen LogP contribution in [0.25, 0.3) is 0 Å². The predicted octanol–water partition coefficient (Wildman–Crippen LogP) is 5.31. The first-order valence-electron chi connectivity index (χ1n) is 11.2. The zero-order valence-corrected chi connectivity index (χ0v) is 20.9. The molecule has 182 valence electrons. The first kappa shape index (κ1) is 25.1. The Labute approximate surface area is 202 Å². The maximum Gasteiger partial charge on any atom is 0.161 e. The summed E-state index contributed by atoms with van der Waals surface area (Å²) in [6, 6.07) is 16.2. The molecule has 0 saturated carbocycles. The molecular weight excluding hydrogens is 432 g/mol. The van der Waals surface area contributed by atoms with Crippen molar-refractivity contribution in [2.75, 3.05) is 42.7 Å². The number of rotatable bonds is 12. The summed E-state index contributed by atoms with van der Waals surface area (Å²) in [7, 11) is 9.96. The lowest BCUT2D eigenvalue weighted by molar-refractivity contribution is 0.354. The highest BCUT2D eigenvalue weighted by molar-refractivity contribution is 5.49. The molecule has 0 saturated heterocycles. The van der Waals surface area contributed by atoms with E-state index in [1.807, 2.05) is 30.3 Å². The fourth-order valence-electron chi connectivity index (χ4n) is 4.03. The van der Waals surface area contributed by atoms with Gasteiger partial charge in [-0.05, 0) is 84.3 Å². The van der Waals surface area contributed by atoms with Crippen LogP contribution in [-0.4, -0.2) is 42.7 Å². The van der Waals surface area contributed by atoms with Gasteiger partial charge in [-0.15, -0.1) is 0 Å². The molecule has 0 spiro atoms. The van der Waals surface area contributed by atoms with Crippen LogP contribution < -0.4 is 28.4 Å². The van der Waals surface area contributed by atoms with E-state index in [0.29, 0.717) is 0 Å². The summed E-state index contributed by atoms with van der Waals surface area (Å²) < 4.78 is 32.8. The van der Waals surface area contributed by atoms with Crippen molar-refractivity contribution in [3.8, 4) is 34.5 Å². The molecule has 0 fully saturated rings. The normalized spacial score (nSPS) is 10.5. The van der Waals surface area contributed by atoms with Gasteiger partial charge in [-0.25, -0.2) is 0 Å². The Morgan fingerprint density at radius 3 is 1.35 bits per heavy atom. The third-order valence-corrected chi connectivity index (χ3v) is 5.93. The minimum atomic E-state index is 0.728. The molecule has 0 unspecified atom stereocenters. The molecule has 34 heavy (non-hydrogen) atoms. The van der Waals surface area contributed by atoms with Crippen LogP contribution in [-0.2, 0) is 25.7 Å². The van der Waals surface area contributed by atoms with Gasteiger partial charge in [-0.2, -0.15) is 0 Å². The van der Waals surface area contributed by atoms with Gasteiger partial charge in [0.1, 0.15) is 11.5 Å². The maximum absolute atomic E-state index is 5.58. The summed E-state index contributed by atoms with van der Waals surface area (Å²) >= 11 is 0. The first-order chi connectivity index (χ1) is 16.5. The molecule has 0 amide bonds. The van der Waals surface area contributed by atoms with E-state index in [1.54, 1.807) is 42.7 Å². The van der Waals surface area contributed by atoms with Crippen LogP contribution in [0.15, 0.2) is 48.5 Å². The molecule has 3 rings (SSSR count). The second-order valence-electron chi connectivity index (χ2n) is 7.89. The Hall–Kier alpha value is -3.54. The molecule has 0 bridgehead atoms. The molecule has 0 N–H and O–H groups in total. The molecule has 6 nitrogen and oxygen atoms in total. The van der Waals surface area contributed by atoms with Gasteiger partial charge in [-0.3, -0.25) is 0 Å². The van der Waals surface area contributed by atoms with Crippen molar-refractivity contribution in [2.45, 2.75) is 25.7 Å². The maximum atomic E-state index is 5.58. The zero-order valence-electron chi connectivity index (χ0n) is 20.9. The van der Waals surface area contributed by atoms with E-state index in [0.717, 1.165) is 65.7 Å². The van der Waals surface area contributed by atoms with Gasteiger partial charge in [0.2, 0.25) is 0 Å². The second-order valence-corrected chi connectivity index (χ2v) is 7.89. The van der Waals surface area contributed by atoms with Gasteiger partial charge >= 0.3 is 0 Å². The highest BCUT2D eigenvalue weighted by Gasteiger charge is 2.13. The summed E-state index contributed by atoms with van der Waals surface area (Å²) in [5.41, 5.74) is 4.77. The number of ether oxygens (including phenoxy) is 6. The van der Waals surface area contributed by atoms with Gasteiger partial charge in [0, 0.05) is 6.07 Å². The van der Waals surface area contributed by atoms with Crippen LogP contribution in [0, 0.1) is 0 Å². The van der Waals surface area contributed by atoms with E-state index in [1.165, 1.54) is 16.7 Å². The zero-order chi connectivity index (χ0) is 24.5. The fourth-order valence-corrected chi connectivity index (χ4v) is 4.03. The minimum Gasteiger partial charge on any atom is -0.497 e. The Morgan fingerprint density at radius 1 is 0.412 bits per heavy atom. The van der Waals surface area contributed by atoms with E-state index in [4.69, 9.17) is 28.4 Å². The highest BCUT2D eigenvalue weighted by atomic mass is 16.5. The SMILES string of the molecule is COc1cc(CCc2cc(OC)c(OC)cc2CCc2ccc(OC)c(OC)c2)cc(OC)c1. The number of methoxy groups -OCH3 is 6. The van der Waals surface area contributed by atoms with Gasteiger partial charge < -0.3 is 28.4 Å². The molecule has 3 aromatic rings. The van der Waals surface area contributed by atoms with Gasteiger partial charge in [0.15, 0.2) is 23.0 Å². The van der Waals surface area contributed by atoms with Crippen molar-refractivity contribution in [3.05, 3.63) is 70.8 Å². The lowest BCUT2D eigenvalue weighted by Gasteiger charge is -2.16. The van der Waals surface area contributed by atoms with Gasteiger partial charge in [-0.1, -0.05) is 6.07 Å². The fraction of sp³-hybridized carbons (Fsp3) is 0.357. The molecule has 0 atom stereocenters. The summed E-state index contributed by atoms with van der Waals surface area (Å²) in [5.74, 6) is 4.50. The van der Waals surface area contributed by atoms with E-state index >= 15 is 0 Å². The summed E-state index contributed by atoms with van der Waals surface area (Å²) in [6.45, 7) is 0. The van der Waals surface area contributed by atoms with Crippen molar-refractivity contribution in [1.29, 1.82) is 0 Å². The van der Waals surface area contributed by atoms with Crippen molar-refractivity contribution < 1.29 is 28.4 Å². The number of benzene rings is 3. The second kappa shape index (κ2) is 12.1. The standard InChI is InChI=1S/C28H34O6/c1-29-23-13-20(14-24(18-23)30-2)8-11-22-17-28(34-6)27(33-5)16-21(22)10-7-19-9-12-25(31-3)26(15-19)32-4/h9,12-18H,7-8,10-11H2,1-6H3. The third kappa shape index (κ3) is 6.07. The van der Waals surface area contributed by atoms with Crippen LogP contribution in [0.1, 0.15) is 22.3 Å². The molecule has 0 aromatic heterocycles. The number of aryl methyl sites for hydroxylation is 4. The quantitative estimate of drug-likeness (QED) is 0.361. The van der Waals surface area contributed by atoms with Crippen LogP contribution >= 0.6 is 0 Å². The molecule has 0 aliphatic heterocycles. The van der Waals surface area contributed by atoms with Gasteiger partial charge in [0.05, 0.1) is 42.7 Å². The molecule has 0 aliphatic carbocycles. The topological polar surface area (TPSA) is 55.4 Å². The number of hydrogen-bond acceptors (Lipinski definition) is 6. The Bertz CT molecular complexity index is 1070. The van der Waals surface area contributed by atoms with E-state index in [9.17, 15) is 0 Å². The monoisotopic (exact) mass is 466 g/mol. The Kier molecular flexibility index (Phi) is 8.91. The van der Waals surface area contributed by atoms with E-state index in [-0.39, 0.29) is 0 Å². The predicted molar refractivity (Wildman–Crippen MR) is 133 cm³/mol. The smallest absolute Gasteiger partial charge is 0.161 e. The first-order valence-corrected chi connectivity index (χ1v) is 11.2. The molecular formula is C28H34O6. The summed E-state index contributed by atoms with van der Waals surface area (Å²) in [4.78, 5) is 0.